The van der Waals surface area contributed by atoms with Gasteiger partial charge in [-0.15, -0.1) is 0 Å². The fourth-order valence-electron chi connectivity index (χ4n) is 2.48. The summed E-state index contributed by atoms with van der Waals surface area (Å²) >= 11 is 0. The lowest BCUT2D eigenvalue weighted by molar-refractivity contribution is -0.160. The number of morpholine rings is 1. The minimum atomic E-state index is -0.0502. The third kappa shape index (κ3) is 2.74. The predicted octanol–water partition coefficient (Wildman–Crippen LogP) is 0.949. The Kier molecular flexibility index (Phi) is 4.19. The quantitative estimate of drug-likeness (QED) is 0.782. The summed E-state index contributed by atoms with van der Waals surface area (Å²) in [6.45, 7) is 8.21. The van der Waals surface area contributed by atoms with Crippen molar-refractivity contribution in [1.82, 2.24) is 5.32 Å². The van der Waals surface area contributed by atoms with Crippen LogP contribution in [0.2, 0.25) is 0 Å². The van der Waals surface area contributed by atoms with Crippen LogP contribution in [0, 0.1) is 0 Å². The van der Waals surface area contributed by atoms with E-state index in [9.17, 15) is 0 Å². The third-order valence-corrected chi connectivity index (χ3v) is 3.45. The van der Waals surface area contributed by atoms with Gasteiger partial charge in [-0.2, -0.15) is 0 Å². The second kappa shape index (κ2) is 5.45. The molecule has 1 atom stereocenters. The number of hydrogen-bond acceptors (Lipinski definition) is 4. The monoisotopic (exact) mass is 229 g/mol. The molecule has 0 aromatic carbocycles. The van der Waals surface area contributed by atoms with Gasteiger partial charge in [0.05, 0.1) is 31.0 Å². The van der Waals surface area contributed by atoms with E-state index in [2.05, 4.69) is 19.2 Å². The molecule has 0 aromatic rings. The fraction of sp³-hybridized carbons (Fsp3) is 1.00. The summed E-state index contributed by atoms with van der Waals surface area (Å²) in [5.74, 6) is 0. The van der Waals surface area contributed by atoms with Gasteiger partial charge in [0.15, 0.2) is 0 Å². The summed E-state index contributed by atoms with van der Waals surface area (Å²) in [5.41, 5.74) is -0.0502. The van der Waals surface area contributed by atoms with Gasteiger partial charge in [-0.1, -0.05) is 0 Å². The molecule has 0 aliphatic carbocycles. The molecule has 2 rings (SSSR count). The number of nitrogens with one attached hydrogen (secondary N) is 1. The van der Waals surface area contributed by atoms with Crippen molar-refractivity contribution in [2.24, 2.45) is 0 Å². The molecule has 2 saturated heterocycles. The lowest BCUT2D eigenvalue weighted by Gasteiger charge is -2.46. The first-order chi connectivity index (χ1) is 7.73. The third-order valence-electron chi connectivity index (χ3n) is 3.45. The summed E-state index contributed by atoms with van der Waals surface area (Å²) in [6, 6.07) is 0.313. The highest BCUT2D eigenvalue weighted by atomic mass is 16.5. The lowest BCUT2D eigenvalue weighted by Crippen LogP contribution is -2.62. The van der Waals surface area contributed by atoms with Crippen molar-refractivity contribution in [3.63, 3.8) is 0 Å². The molecule has 0 aromatic heterocycles. The van der Waals surface area contributed by atoms with Crippen LogP contribution in [0.15, 0.2) is 0 Å². The first-order valence-electron chi connectivity index (χ1n) is 6.30. The Morgan fingerprint density at radius 1 is 1.31 bits per heavy atom. The predicted molar refractivity (Wildman–Crippen MR) is 61.6 cm³/mol. The standard InChI is InChI=1S/C12H23NO3/c1-10(2)15-9-11-12(16-8-5-13-11)3-6-14-7-4-12/h10-11,13H,3-9H2,1-2H3. The van der Waals surface area contributed by atoms with Gasteiger partial charge in [0.1, 0.15) is 0 Å². The van der Waals surface area contributed by atoms with Crippen LogP contribution in [0.4, 0.5) is 0 Å². The molecule has 1 spiro atoms. The maximum Gasteiger partial charge on any atom is 0.0901 e. The van der Waals surface area contributed by atoms with Crippen molar-refractivity contribution in [1.29, 1.82) is 0 Å². The molecule has 1 N–H and O–H groups in total. The molecular weight excluding hydrogens is 206 g/mol. The van der Waals surface area contributed by atoms with Crippen LogP contribution in [0.5, 0.6) is 0 Å². The van der Waals surface area contributed by atoms with Crippen molar-refractivity contribution >= 4 is 0 Å². The first kappa shape index (κ1) is 12.3. The van der Waals surface area contributed by atoms with Crippen molar-refractivity contribution in [2.75, 3.05) is 33.0 Å². The Balaban J connectivity index is 1.95. The Morgan fingerprint density at radius 3 is 2.75 bits per heavy atom. The van der Waals surface area contributed by atoms with E-state index in [0.29, 0.717) is 6.04 Å². The van der Waals surface area contributed by atoms with Gasteiger partial charge in [0.25, 0.3) is 0 Å². The molecule has 0 bridgehead atoms. The van der Waals surface area contributed by atoms with Crippen molar-refractivity contribution < 1.29 is 14.2 Å². The zero-order valence-corrected chi connectivity index (χ0v) is 10.3. The maximum absolute atomic E-state index is 6.03. The van der Waals surface area contributed by atoms with Crippen molar-refractivity contribution in [3.8, 4) is 0 Å². The zero-order chi connectivity index (χ0) is 11.4. The van der Waals surface area contributed by atoms with E-state index in [1.54, 1.807) is 0 Å². The summed E-state index contributed by atoms with van der Waals surface area (Å²) < 4.78 is 17.2. The second-order valence-corrected chi connectivity index (χ2v) is 4.91. The van der Waals surface area contributed by atoms with Gasteiger partial charge in [0.2, 0.25) is 0 Å². The molecule has 1 unspecified atom stereocenters. The van der Waals surface area contributed by atoms with Crippen LogP contribution >= 0.6 is 0 Å². The molecule has 4 nitrogen and oxygen atoms in total. The van der Waals surface area contributed by atoms with Crippen molar-refractivity contribution in [2.45, 2.75) is 44.4 Å². The van der Waals surface area contributed by atoms with E-state index in [1.165, 1.54) is 0 Å². The Morgan fingerprint density at radius 2 is 2.06 bits per heavy atom. The van der Waals surface area contributed by atoms with Gasteiger partial charge >= 0.3 is 0 Å². The Bertz CT molecular complexity index is 206. The molecule has 2 heterocycles. The van der Waals surface area contributed by atoms with Gasteiger partial charge in [-0.25, -0.2) is 0 Å². The molecule has 4 heteroatoms. The molecule has 0 amide bonds. The molecule has 2 aliphatic heterocycles. The highest BCUT2D eigenvalue weighted by Gasteiger charge is 2.43. The fourth-order valence-corrected chi connectivity index (χ4v) is 2.48. The minimum Gasteiger partial charge on any atom is -0.381 e. The van der Waals surface area contributed by atoms with Crippen molar-refractivity contribution in [3.05, 3.63) is 0 Å². The molecule has 16 heavy (non-hydrogen) atoms. The van der Waals surface area contributed by atoms with Gasteiger partial charge in [0, 0.05) is 32.6 Å². The van der Waals surface area contributed by atoms with E-state index in [0.717, 1.165) is 45.8 Å². The van der Waals surface area contributed by atoms with Crippen LogP contribution in [-0.2, 0) is 14.2 Å². The van der Waals surface area contributed by atoms with Crippen LogP contribution in [-0.4, -0.2) is 50.7 Å². The average molecular weight is 229 g/mol. The number of hydrogen-bond donors (Lipinski definition) is 1. The Hall–Kier alpha value is -0.160. The minimum absolute atomic E-state index is 0.0502. The van der Waals surface area contributed by atoms with E-state index in [4.69, 9.17) is 14.2 Å². The SMILES string of the molecule is CC(C)OCC1NCCOC12CCOCC2. The van der Waals surface area contributed by atoms with Crippen LogP contribution in [0.1, 0.15) is 26.7 Å². The largest absolute Gasteiger partial charge is 0.381 e. The normalized spacial score (nSPS) is 29.8. The number of ether oxygens (including phenoxy) is 3. The van der Waals surface area contributed by atoms with Crippen LogP contribution < -0.4 is 5.32 Å². The maximum atomic E-state index is 6.03. The van der Waals surface area contributed by atoms with Gasteiger partial charge in [-0.3, -0.25) is 0 Å². The summed E-state index contributed by atoms with van der Waals surface area (Å²) in [6.07, 6.45) is 2.23. The highest BCUT2D eigenvalue weighted by molar-refractivity contribution is 4.97. The zero-order valence-electron chi connectivity index (χ0n) is 10.3. The summed E-state index contributed by atoms with van der Waals surface area (Å²) in [4.78, 5) is 0. The van der Waals surface area contributed by atoms with E-state index in [-0.39, 0.29) is 11.7 Å². The molecule has 94 valence electrons. The Labute approximate surface area is 97.6 Å². The van der Waals surface area contributed by atoms with Gasteiger partial charge < -0.3 is 19.5 Å². The lowest BCUT2D eigenvalue weighted by atomic mass is 9.85. The van der Waals surface area contributed by atoms with E-state index in [1.807, 2.05) is 0 Å². The average Bonchev–Trinajstić information content (AvgIpc) is 2.29. The van der Waals surface area contributed by atoms with Gasteiger partial charge in [-0.05, 0) is 13.8 Å². The molecule has 2 fully saturated rings. The van der Waals surface area contributed by atoms with Crippen LogP contribution in [0.3, 0.4) is 0 Å². The number of rotatable bonds is 3. The van der Waals surface area contributed by atoms with E-state index >= 15 is 0 Å². The van der Waals surface area contributed by atoms with Crippen LogP contribution in [0.25, 0.3) is 0 Å². The summed E-state index contributed by atoms with van der Waals surface area (Å²) in [5, 5.41) is 3.53. The summed E-state index contributed by atoms with van der Waals surface area (Å²) in [7, 11) is 0. The first-order valence-corrected chi connectivity index (χ1v) is 6.30. The second-order valence-electron chi connectivity index (χ2n) is 4.91. The smallest absolute Gasteiger partial charge is 0.0901 e. The highest BCUT2D eigenvalue weighted by Crippen LogP contribution is 2.31. The molecule has 0 radical (unpaired) electrons. The topological polar surface area (TPSA) is 39.7 Å². The molecule has 0 saturated carbocycles. The van der Waals surface area contributed by atoms with E-state index < -0.39 is 0 Å². The molecule has 2 aliphatic rings. The molecular formula is C12H23NO3.